The van der Waals surface area contributed by atoms with Crippen molar-refractivity contribution in [2.75, 3.05) is 0 Å². The number of furan rings is 1. The molecule has 0 aliphatic carbocycles. The fourth-order valence-corrected chi connectivity index (χ4v) is 1.76. The van der Waals surface area contributed by atoms with Crippen molar-refractivity contribution in [3.05, 3.63) is 32.8 Å². The van der Waals surface area contributed by atoms with E-state index in [4.69, 9.17) is 9.52 Å². The SMILES string of the molecule is Cn1cc(C(=O)O)c2oc(Br)cc2c1=O. The van der Waals surface area contributed by atoms with Crippen molar-refractivity contribution in [1.29, 1.82) is 0 Å². The molecule has 0 atom stereocenters. The van der Waals surface area contributed by atoms with E-state index in [1.54, 1.807) is 0 Å². The third kappa shape index (κ3) is 1.46. The van der Waals surface area contributed by atoms with Crippen molar-refractivity contribution in [2.24, 2.45) is 7.05 Å². The number of halogens is 1. The zero-order valence-electron chi connectivity index (χ0n) is 7.65. The van der Waals surface area contributed by atoms with Crippen LogP contribution in [0.3, 0.4) is 0 Å². The number of fused-ring (bicyclic) bond motifs is 1. The van der Waals surface area contributed by atoms with Crippen molar-refractivity contribution in [1.82, 2.24) is 4.57 Å². The van der Waals surface area contributed by atoms with Crippen molar-refractivity contribution in [2.45, 2.75) is 0 Å². The molecule has 2 aromatic heterocycles. The van der Waals surface area contributed by atoms with Gasteiger partial charge in [0.1, 0.15) is 5.56 Å². The van der Waals surface area contributed by atoms with Gasteiger partial charge in [-0.1, -0.05) is 0 Å². The van der Waals surface area contributed by atoms with Gasteiger partial charge in [0.25, 0.3) is 5.56 Å². The van der Waals surface area contributed by atoms with E-state index in [-0.39, 0.29) is 22.1 Å². The average molecular weight is 272 g/mol. The van der Waals surface area contributed by atoms with Crippen LogP contribution in [-0.4, -0.2) is 15.6 Å². The lowest BCUT2D eigenvalue weighted by atomic mass is 10.2. The van der Waals surface area contributed by atoms with Gasteiger partial charge in [0, 0.05) is 19.3 Å². The maximum absolute atomic E-state index is 11.6. The van der Waals surface area contributed by atoms with E-state index >= 15 is 0 Å². The third-order valence-corrected chi connectivity index (χ3v) is 2.44. The number of rotatable bonds is 1. The molecule has 78 valence electrons. The van der Waals surface area contributed by atoms with Gasteiger partial charge in [-0.3, -0.25) is 4.79 Å². The van der Waals surface area contributed by atoms with E-state index < -0.39 is 5.97 Å². The van der Waals surface area contributed by atoms with Gasteiger partial charge in [-0.25, -0.2) is 4.79 Å². The van der Waals surface area contributed by atoms with Crippen LogP contribution >= 0.6 is 15.9 Å². The zero-order valence-corrected chi connectivity index (χ0v) is 9.24. The maximum Gasteiger partial charge on any atom is 0.341 e. The molecule has 15 heavy (non-hydrogen) atoms. The molecule has 2 rings (SSSR count). The Morgan fingerprint density at radius 2 is 2.27 bits per heavy atom. The normalized spacial score (nSPS) is 10.8. The van der Waals surface area contributed by atoms with E-state index in [1.165, 1.54) is 23.9 Å². The number of pyridine rings is 1. The van der Waals surface area contributed by atoms with Gasteiger partial charge in [-0.05, 0) is 15.9 Å². The predicted octanol–water partition coefficient (Wildman–Crippen LogP) is 1.59. The van der Waals surface area contributed by atoms with Gasteiger partial charge in [0.2, 0.25) is 0 Å². The van der Waals surface area contributed by atoms with E-state index in [2.05, 4.69) is 15.9 Å². The van der Waals surface area contributed by atoms with Crippen molar-refractivity contribution in [3.8, 4) is 0 Å². The minimum Gasteiger partial charge on any atom is -0.477 e. The fourth-order valence-electron chi connectivity index (χ4n) is 1.37. The largest absolute Gasteiger partial charge is 0.477 e. The highest BCUT2D eigenvalue weighted by molar-refractivity contribution is 9.10. The highest BCUT2D eigenvalue weighted by atomic mass is 79.9. The molecule has 0 saturated carbocycles. The van der Waals surface area contributed by atoms with Crippen molar-refractivity contribution >= 4 is 32.9 Å². The molecule has 0 amide bonds. The molecular formula is C9H6BrNO4. The first-order chi connectivity index (χ1) is 7.00. The number of nitrogens with zero attached hydrogens (tertiary/aromatic N) is 1. The van der Waals surface area contributed by atoms with E-state index in [1.807, 2.05) is 0 Å². The molecular weight excluding hydrogens is 266 g/mol. The van der Waals surface area contributed by atoms with E-state index in [0.29, 0.717) is 4.67 Å². The molecule has 0 radical (unpaired) electrons. The summed E-state index contributed by atoms with van der Waals surface area (Å²) >= 11 is 3.06. The van der Waals surface area contributed by atoms with Crippen LogP contribution in [0.1, 0.15) is 10.4 Å². The summed E-state index contributed by atoms with van der Waals surface area (Å²) in [5, 5.41) is 9.17. The summed E-state index contributed by atoms with van der Waals surface area (Å²) in [4.78, 5) is 22.5. The third-order valence-electron chi connectivity index (χ3n) is 2.05. The Bertz CT molecular complexity index is 610. The summed E-state index contributed by atoms with van der Waals surface area (Å²) in [6.07, 6.45) is 1.24. The Morgan fingerprint density at radius 3 is 2.87 bits per heavy atom. The molecule has 1 N–H and O–H groups in total. The van der Waals surface area contributed by atoms with Gasteiger partial charge >= 0.3 is 5.97 Å². The number of aromatic nitrogens is 1. The quantitative estimate of drug-likeness (QED) is 0.855. The highest BCUT2D eigenvalue weighted by Crippen LogP contribution is 2.23. The Balaban J connectivity index is 3.00. The minimum absolute atomic E-state index is 0.0298. The van der Waals surface area contributed by atoms with Crippen molar-refractivity contribution in [3.63, 3.8) is 0 Å². The van der Waals surface area contributed by atoms with Crippen molar-refractivity contribution < 1.29 is 14.3 Å². The molecule has 0 unspecified atom stereocenters. The van der Waals surface area contributed by atoms with Gasteiger partial charge in [-0.15, -0.1) is 0 Å². The molecule has 2 aromatic rings. The van der Waals surface area contributed by atoms with Gasteiger partial charge in [0.05, 0.1) is 5.39 Å². The number of aryl methyl sites for hydroxylation is 1. The molecule has 0 saturated heterocycles. The molecule has 0 aromatic carbocycles. The Morgan fingerprint density at radius 1 is 1.60 bits per heavy atom. The van der Waals surface area contributed by atoms with Crippen LogP contribution in [0.5, 0.6) is 0 Å². The summed E-state index contributed by atoms with van der Waals surface area (Å²) < 4.78 is 6.67. The lowest BCUT2D eigenvalue weighted by Crippen LogP contribution is -2.17. The number of carboxylic acids is 1. The number of hydrogen-bond acceptors (Lipinski definition) is 3. The first kappa shape index (κ1) is 9.97. The monoisotopic (exact) mass is 271 g/mol. The number of carboxylic acid groups (broad SMARTS) is 1. The summed E-state index contributed by atoms with van der Waals surface area (Å²) in [6, 6.07) is 1.46. The standard InChI is InChI=1S/C9H6BrNO4/c1-11-3-5(9(13)14)7-4(8(11)12)2-6(10)15-7/h2-3H,1H3,(H,13,14). The lowest BCUT2D eigenvalue weighted by Gasteiger charge is -2.00. The van der Waals surface area contributed by atoms with Gasteiger partial charge in [-0.2, -0.15) is 0 Å². The molecule has 0 spiro atoms. The second-order valence-electron chi connectivity index (χ2n) is 3.06. The molecule has 2 heterocycles. The zero-order chi connectivity index (χ0) is 11.2. The molecule has 6 heteroatoms. The van der Waals surface area contributed by atoms with Crippen LogP contribution < -0.4 is 5.56 Å². The van der Waals surface area contributed by atoms with Crippen LogP contribution in [0.25, 0.3) is 11.0 Å². The first-order valence-electron chi connectivity index (χ1n) is 4.02. The smallest absolute Gasteiger partial charge is 0.341 e. The van der Waals surface area contributed by atoms with Crippen LogP contribution in [0, 0.1) is 0 Å². The van der Waals surface area contributed by atoms with Crippen LogP contribution in [0.4, 0.5) is 0 Å². The Labute approximate surface area is 92.1 Å². The second-order valence-corrected chi connectivity index (χ2v) is 3.84. The Kier molecular flexibility index (Phi) is 2.15. The number of aromatic carboxylic acids is 1. The van der Waals surface area contributed by atoms with Gasteiger partial charge in [0.15, 0.2) is 10.3 Å². The highest BCUT2D eigenvalue weighted by Gasteiger charge is 2.16. The van der Waals surface area contributed by atoms with E-state index in [9.17, 15) is 9.59 Å². The maximum atomic E-state index is 11.6. The minimum atomic E-state index is -1.13. The van der Waals surface area contributed by atoms with Gasteiger partial charge < -0.3 is 14.1 Å². The van der Waals surface area contributed by atoms with Crippen LogP contribution in [-0.2, 0) is 7.05 Å². The number of hydrogen-bond donors (Lipinski definition) is 1. The fraction of sp³-hybridized carbons (Fsp3) is 0.111. The predicted molar refractivity (Wildman–Crippen MR) is 56.1 cm³/mol. The first-order valence-corrected chi connectivity index (χ1v) is 4.82. The average Bonchev–Trinajstić information content (AvgIpc) is 2.53. The second kappa shape index (κ2) is 3.23. The molecule has 0 aliphatic heterocycles. The summed E-state index contributed by atoms with van der Waals surface area (Å²) in [6.45, 7) is 0. The van der Waals surface area contributed by atoms with Crippen LogP contribution in [0.15, 0.2) is 26.1 Å². The lowest BCUT2D eigenvalue weighted by molar-refractivity contribution is 0.0697. The summed E-state index contributed by atoms with van der Waals surface area (Å²) in [5.41, 5.74) is -0.222. The topological polar surface area (TPSA) is 72.4 Å². The Hall–Kier alpha value is -1.56. The molecule has 5 nitrogen and oxygen atoms in total. The number of carbonyl (C=O) groups is 1. The van der Waals surface area contributed by atoms with Crippen LogP contribution in [0.2, 0.25) is 0 Å². The molecule has 0 bridgehead atoms. The summed E-state index contributed by atoms with van der Waals surface area (Å²) in [7, 11) is 1.50. The van der Waals surface area contributed by atoms with E-state index in [0.717, 1.165) is 0 Å². The summed E-state index contributed by atoms with van der Waals surface area (Å²) in [5.74, 6) is -1.13. The molecule has 0 fully saturated rings. The molecule has 0 aliphatic rings.